The van der Waals surface area contributed by atoms with Crippen molar-refractivity contribution in [2.75, 3.05) is 0 Å². The summed E-state index contributed by atoms with van der Waals surface area (Å²) in [6.45, 7) is 2.56. The maximum Gasteiger partial charge on any atom is 0.137 e. The Labute approximate surface area is 163 Å². The Morgan fingerprint density at radius 2 is 1.70 bits per heavy atom. The fourth-order valence-electron chi connectivity index (χ4n) is 3.16. The minimum atomic E-state index is -0.0586. The molecule has 2 aromatic heterocycles. The van der Waals surface area contributed by atoms with E-state index in [4.69, 9.17) is 16.0 Å². The molecule has 0 spiro atoms. The van der Waals surface area contributed by atoms with Crippen LogP contribution < -0.4 is 5.32 Å². The average Bonchev–Trinajstić information content (AvgIpc) is 3.33. The summed E-state index contributed by atoms with van der Waals surface area (Å²) in [5.41, 5.74) is 3.97. The Bertz CT molecular complexity index is 995. The fraction of sp³-hybridized carbons (Fsp3) is 0.136. The number of nitrogens with one attached hydrogen (secondary N) is 1. The summed E-state index contributed by atoms with van der Waals surface area (Å²) < 4.78 is 7.43. The van der Waals surface area contributed by atoms with E-state index < -0.39 is 0 Å². The lowest BCUT2D eigenvalue weighted by molar-refractivity contribution is 0.445. The Morgan fingerprint density at radius 3 is 2.37 bits per heavy atom. The number of halogens is 1. The number of aryl methyl sites for hydroxylation is 1. The van der Waals surface area contributed by atoms with Crippen molar-refractivity contribution in [2.24, 2.45) is 0 Å². The normalized spacial score (nSPS) is 12.2. The van der Waals surface area contributed by atoms with Gasteiger partial charge in [0.15, 0.2) is 0 Å². The number of rotatable bonds is 6. The minimum absolute atomic E-state index is 0.0586. The zero-order valence-electron chi connectivity index (χ0n) is 15.0. The van der Waals surface area contributed by atoms with Gasteiger partial charge in [-0.25, -0.2) is 4.68 Å². The summed E-state index contributed by atoms with van der Waals surface area (Å²) in [5, 5.41) is 8.81. The van der Waals surface area contributed by atoms with Gasteiger partial charge in [-0.05, 0) is 36.8 Å². The second kappa shape index (κ2) is 7.82. The molecule has 2 aromatic carbocycles. The Hall–Kier alpha value is -2.82. The number of nitrogens with zero attached hydrogens (tertiary/aromatic N) is 2. The lowest BCUT2D eigenvalue weighted by atomic mass is 10.0. The van der Waals surface area contributed by atoms with Gasteiger partial charge < -0.3 is 4.42 Å². The summed E-state index contributed by atoms with van der Waals surface area (Å²) in [6, 6.07) is 24.0. The third kappa shape index (κ3) is 3.68. The number of furan rings is 1. The monoisotopic (exact) mass is 377 g/mol. The van der Waals surface area contributed by atoms with Crippen molar-refractivity contribution in [1.82, 2.24) is 15.1 Å². The number of hydrogen-bond donors (Lipinski definition) is 1. The predicted molar refractivity (Wildman–Crippen MR) is 107 cm³/mol. The van der Waals surface area contributed by atoms with E-state index in [9.17, 15) is 0 Å². The van der Waals surface area contributed by atoms with Crippen LogP contribution in [-0.2, 0) is 6.54 Å². The van der Waals surface area contributed by atoms with E-state index in [0.29, 0.717) is 11.7 Å². The van der Waals surface area contributed by atoms with E-state index in [1.165, 1.54) is 0 Å². The first kappa shape index (κ1) is 17.6. The van der Waals surface area contributed by atoms with Gasteiger partial charge in [-0.15, -0.1) is 0 Å². The van der Waals surface area contributed by atoms with Crippen molar-refractivity contribution in [3.05, 3.63) is 107 Å². The van der Waals surface area contributed by atoms with Gasteiger partial charge in [-0.1, -0.05) is 60.1 Å². The molecule has 0 amide bonds. The summed E-state index contributed by atoms with van der Waals surface area (Å²) in [6.07, 6.45) is 1.69. The van der Waals surface area contributed by atoms with Crippen molar-refractivity contribution in [3.63, 3.8) is 0 Å². The van der Waals surface area contributed by atoms with E-state index in [1.807, 2.05) is 67.6 Å². The van der Waals surface area contributed by atoms with Crippen LogP contribution in [0.15, 0.2) is 83.5 Å². The van der Waals surface area contributed by atoms with E-state index in [2.05, 4.69) is 22.5 Å². The van der Waals surface area contributed by atoms with E-state index in [-0.39, 0.29) is 6.04 Å². The Morgan fingerprint density at radius 1 is 1.00 bits per heavy atom. The summed E-state index contributed by atoms with van der Waals surface area (Å²) in [7, 11) is 0. The van der Waals surface area contributed by atoms with E-state index in [1.54, 1.807) is 10.9 Å². The first-order valence-corrected chi connectivity index (χ1v) is 9.23. The molecule has 4 nitrogen and oxygen atoms in total. The molecule has 0 saturated heterocycles. The molecule has 0 aliphatic heterocycles. The molecule has 1 N–H and O–H groups in total. The van der Waals surface area contributed by atoms with Crippen LogP contribution in [0.25, 0.3) is 5.69 Å². The first-order valence-electron chi connectivity index (χ1n) is 8.85. The third-order valence-corrected chi connectivity index (χ3v) is 4.95. The average molecular weight is 378 g/mol. The van der Waals surface area contributed by atoms with Crippen LogP contribution in [0.2, 0.25) is 5.15 Å². The zero-order chi connectivity index (χ0) is 18.6. The van der Waals surface area contributed by atoms with Crippen molar-refractivity contribution in [1.29, 1.82) is 0 Å². The van der Waals surface area contributed by atoms with Crippen LogP contribution in [0, 0.1) is 6.92 Å². The predicted octanol–water partition coefficient (Wildman–Crippen LogP) is 5.31. The Kier molecular flexibility index (Phi) is 5.10. The van der Waals surface area contributed by atoms with Crippen molar-refractivity contribution >= 4 is 11.6 Å². The summed E-state index contributed by atoms with van der Waals surface area (Å²) in [5.74, 6) is 0.866. The second-order valence-electron chi connectivity index (χ2n) is 6.34. The molecule has 0 aliphatic rings. The third-order valence-electron chi connectivity index (χ3n) is 4.57. The lowest BCUT2D eigenvalue weighted by Crippen LogP contribution is -2.22. The smallest absolute Gasteiger partial charge is 0.137 e. The maximum atomic E-state index is 6.66. The molecule has 5 heteroatoms. The highest BCUT2D eigenvalue weighted by Crippen LogP contribution is 2.27. The van der Waals surface area contributed by atoms with Gasteiger partial charge in [0.2, 0.25) is 0 Å². The number of para-hydroxylation sites is 1. The molecule has 0 radical (unpaired) electrons. The van der Waals surface area contributed by atoms with Gasteiger partial charge in [0, 0.05) is 12.1 Å². The summed E-state index contributed by atoms with van der Waals surface area (Å²) in [4.78, 5) is 0. The topological polar surface area (TPSA) is 43.0 Å². The fourth-order valence-corrected chi connectivity index (χ4v) is 3.50. The number of aromatic nitrogens is 2. The van der Waals surface area contributed by atoms with Crippen molar-refractivity contribution in [2.45, 2.75) is 19.5 Å². The van der Waals surface area contributed by atoms with Crippen LogP contribution in [0.1, 0.15) is 28.6 Å². The number of hydrogen-bond acceptors (Lipinski definition) is 3. The van der Waals surface area contributed by atoms with Gasteiger partial charge >= 0.3 is 0 Å². The molecular formula is C22H20ClN3O. The first-order chi connectivity index (χ1) is 13.2. The van der Waals surface area contributed by atoms with Gasteiger partial charge in [0.25, 0.3) is 0 Å². The van der Waals surface area contributed by atoms with E-state index >= 15 is 0 Å². The zero-order valence-corrected chi connectivity index (χ0v) is 15.7. The minimum Gasteiger partial charge on any atom is -0.467 e. The molecule has 0 fully saturated rings. The van der Waals surface area contributed by atoms with Gasteiger partial charge in [0.1, 0.15) is 10.9 Å². The Balaban J connectivity index is 1.61. The van der Waals surface area contributed by atoms with Crippen molar-refractivity contribution < 1.29 is 4.42 Å². The maximum absolute atomic E-state index is 6.66. The molecule has 4 rings (SSSR count). The van der Waals surface area contributed by atoms with Crippen LogP contribution in [-0.4, -0.2) is 9.78 Å². The highest BCUT2D eigenvalue weighted by molar-refractivity contribution is 6.30. The van der Waals surface area contributed by atoms with Crippen LogP contribution >= 0.6 is 11.6 Å². The van der Waals surface area contributed by atoms with Gasteiger partial charge in [-0.3, -0.25) is 5.32 Å². The van der Waals surface area contributed by atoms with Crippen LogP contribution in [0.5, 0.6) is 0 Å². The van der Waals surface area contributed by atoms with E-state index in [0.717, 1.165) is 28.3 Å². The standard InChI is InChI=1S/C22H20ClN3O/c1-16-19(22(23)26(25-16)18-11-6-3-7-12-18)15-24-21(20-13-8-14-27-20)17-9-4-2-5-10-17/h2-14,21,24H,15H2,1H3/t21-/m1/s1. The molecule has 2 heterocycles. The molecule has 1 atom stereocenters. The molecular weight excluding hydrogens is 358 g/mol. The SMILES string of the molecule is Cc1nn(-c2ccccc2)c(Cl)c1CN[C@H](c1ccccc1)c1ccco1. The molecule has 0 bridgehead atoms. The quantitative estimate of drug-likeness (QED) is 0.495. The van der Waals surface area contributed by atoms with Crippen molar-refractivity contribution in [3.8, 4) is 5.69 Å². The largest absolute Gasteiger partial charge is 0.467 e. The molecule has 0 unspecified atom stereocenters. The van der Waals surface area contributed by atoms with Crippen LogP contribution in [0.4, 0.5) is 0 Å². The molecule has 4 aromatic rings. The molecule has 0 aliphatic carbocycles. The molecule has 0 saturated carbocycles. The lowest BCUT2D eigenvalue weighted by Gasteiger charge is -2.17. The number of benzene rings is 2. The van der Waals surface area contributed by atoms with Crippen LogP contribution in [0.3, 0.4) is 0 Å². The highest BCUT2D eigenvalue weighted by atomic mass is 35.5. The molecule has 136 valence electrons. The molecule has 27 heavy (non-hydrogen) atoms. The second-order valence-corrected chi connectivity index (χ2v) is 6.70. The van der Waals surface area contributed by atoms with Gasteiger partial charge in [0.05, 0.1) is 23.7 Å². The highest BCUT2D eigenvalue weighted by Gasteiger charge is 2.19. The summed E-state index contributed by atoms with van der Waals surface area (Å²) >= 11 is 6.66. The van der Waals surface area contributed by atoms with Gasteiger partial charge in [-0.2, -0.15) is 5.10 Å².